The lowest BCUT2D eigenvalue weighted by Gasteiger charge is -2.19. The van der Waals surface area contributed by atoms with Gasteiger partial charge in [-0.2, -0.15) is 0 Å². The summed E-state index contributed by atoms with van der Waals surface area (Å²) in [6, 6.07) is 12.3. The number of benzene rings is 2. The molecule has 0 aliphatic rings. The van der Waals surface area contributed by atoms with E-state index in [4.69, 9.17) is 16.2 Å². The molecular weight excluding hydrogens is 406 g/mol. The van der Waals surface area contributed by atoms with Gasteiger partial charge in [-0.05, 0) is 29.8 Å². The van der Waals surface area contributed by atoms with Crippen LogP contribution in [0.25, 0.3) is 0 Å². The molecule has 0 bridgehead atoms. The van der Waals surface area contributed by atoms with Gasteiger partial charge in [0.2, 0.25) is 5.91 Å². The minimum Gasteiger partial charge on any atom is -0.481 e. The molecule has 0 saturated carbocycles. The van der Waals surface area contributed by atoms with Crippen molar-refractivity contribution in [2.75, 3.05) is 17.2 Å². The predicted octanol–water partition coefficient (Wildman–Crippen LogP) is 1.00. The van der Waals surface area contributed by atoms with Crippen molar-refractivity contribution in [3.63, 3.8) is 0 Å². The van der Waals surface area contributed by atoms with Crippen LogP contribution in [0.1, 0.15) is 28.3 Å². The third kappa shape index (κ3) is 6.85. The topological polar surface area (TPSA) is 195 Å². The number of carbonyl (C=O) groups excluding carboxylic acids is 2. The highest BCUT2D eigenvalue weighted by atomic mass is 16.4. The van der Waals surface area contributed by atoms with E-state index in [-0.39, 0.29) is 22.8 Å². The molecule has 8 N–H and O–H groups in total. The summed E-state index contributed by atoms with van der Waals surface area (Å²) < 4.78 is 0. The van der Waals surface area contributed by atoms with Crippen LogP contribution in [0.15, 0.2) is 48.5 Å². The van der Waals surface area contributed by atoms with Crippen LogP contribution in [0.3, 0.4) is 0 Å². The average Bonchev–Trinajstić information content (AvgIpc) is 2.70. The lowest BCUT2D eigenvalue weighted by molar-refractivity contribution is -0.140. The van der Waals surface area contributed by atoms with Gasteiger partial charge in [-0.1, -0.05) is 24.3 Å². The number of nitrogens with one attached hydrogen (secondary N) is 4. The molecule has 11 nitrogen and oxygen atoms in total. The number of carboxylic acids is 2. The number of carboxylic acid groups (broad SMARTS) is 2. The number of hydrogen-bond donors (Lipinski definition) is 7. The zero-order valence-corrected chi connectivity index (χ0v) is 16.2. The summed E-state index contributed by atoms with van der Waals surface area (Å²) in [5.74, 6) is -5.40. The van der Waals surface area contributed by atoms with Gasteiger partial charge >= 0.3 is 11.9 Å². The highest BCUT2D eigenvalue weighted by molar-refractivity contribution is 6.06. The molecule has 2 aromatic carbocycles. The van der Waals surface area contributed by atoms with Gasteiger partial charge in [0.1, 0.15) is 6.54 Å². The first-order valence-electron chi connectivity index (χ1n) is 9.00. The third-order valence-electron chi connectivity index (χ3n) is 4.10. The molecule has 2 aromatic rings. The molecule has 162 valence electrons. The number of carbonyl (C=O) groups is 4. The number of para-hydroxylation sites is 1. The SMILES string of the molecule is N=C(N)Nc1cccc(C(=O)Nc2ccccc2C(CC(=O)O)C(=O)NCC(=O)O)c1. The van der Waals surface area contributed by atoms with E-state index in [9.17, 15) is 24.3 Å². The standard InChI is InChI=1S/C20H21N5O6/c21-20(22)24-12-5-3-4-11(8-12)18(30)25-15-7-2-1-6-13(15)14(9-16(26)27)19(31)23-10-17(28)29/h1-8,14H,9-10H2,(H,23,31)(H,25,30)(H,26,27)(H,28,29)(H4,21,22,24). The Bertz CT molecular complexity index is 1020. The molecule has 31 heavy (non-hydrogen) atoms. The molecule has 0 radical (unpaired) electrons. The van der Waals surface area contributed by atoms with Crippen LogP contribution in [-0.4, -0.2) is 46.5 Å². The van der Waals surface area contributed by atoms with Crippen molar-refractivity contribution in [1.29, 1.82) is 5.41 Å². The van der Waals surface area contributed by atoms with Crippen molar-refractivity contribution in [3.05, 3.63) is 59.7 Å². The van der Waals surface area contributed by atoms with Crippen LogP contribution in [0.5, 0.6) is 0 Å². The molecule has 2 amide bonds. The first-order chi connectivity index (χ1) is 14.7. The van der Waals surface area contributed by atoms with E-state index in [0.717, 1.165) is 0 Å². The predicted molar refractivity (Wildman–Crippen MR) is 112 cm³/mol. The Balaban J connectivity index is 2.31. The van der Waals surface area contributed by atoms with E-state index >= 15 is 0 Å². The van der Waals surface area contributed by atoms with Gasteiger partial charge in [0.25, 0.3) is 5.91 Å². The number of amides is 2. The van der Waals surface area contributed by atoms with Crippen molar-refractivity contribution in [2.24, 2.45) is 5.73 Å². The minimum atomic E-state index is -1.27. The fraction of sp³-hybridized carbons (Fsp3) is 0.150. The summed E-state index contributed by atoms with van der Waals surface area (Å²) in [6.07, 6.45) is -0.601. The average molecular weight is 427 g/mol. The van der Waals surface area contributed by atoms with E-state index < -0.39 is 42.6 Å². The van der Waals surface area contributed by atoms with Crippen molar-refractivity contribution >= 4 is 41.1 Å². The second-order valence-electron chi connectivity index (χ2n) is 6.42. The molecule has 2 rings (SSSR count). The molecule has 0 saturated heterocycles. The molecule has 1 unspecified atom stereocenters. The Kier molecular flexibility index (Phi) is 7.67. The van der Waals surface area contributed by atoms with Gasteiger partial charge in [0, 0.05) is 16.9 Å². The lowest BCUT2D eigenvalue weighted by Crippen LogP contribution is -2.34. The first-order valence-corrected chi connectivity index (χ1v) is 9.00. The lowest BCUT2D eigenvalue weighted by atomic mass is 9.93. The molecule has 0 aliphatic carbocycles. The van der Waals surface area contributed by atoms with Gasteiger partial charge in [-0.15, -0.1) is 0 Å². The second-order valence-corrected chi connectivity index (χ2v) is 6.42. The molecular formula is C20H21N5O6. The Morgan fingerprint density at radius 2 is 1.68 bits per heavy atom. The first kappa shape index (κ1) is 22.9. The van der Waals surface area contributed by atoms with Crippen LogP contribution in [0.2, 0.25) is 0 Å². The summed E-state index contributed by atoms with van der Waals surface area (Å²) in [7, 11) is 0. The fourth-order valence-electron chi connectivity index (χ4n) is 2.81. The molecule has 0 aromatic heterocycles. The summed E-state index contributed by atoms with van der Waals surface area (Å²) in [6.45, 7) is -0.667. The van der Waals surface area contributed by atoms with E-state index in [1.807, 2.05) is 0 Å². The smallest absolute Gasteiger partial charge is 0.322 e. The summed E-state index contributed by atoms with van der Waals surface area (Å²) in [5.41, 5.74) is 6.36. The third-order valence-corrected chi connectivity index (χ3v) is 4.10. The maximum atomic E-state index is 12.7. The highest BCUT2D eigenvalue weighted by Gasteiger charge is 2.27. The number of aliphatic carboxylic acids is 2. The molecule has 11 heteroatoms. The van der Waals surface area contributed by atoms with Crippen LogP contribution < -0.4 is 21.7 Å². The monoisotopic (exact) mass is 427 g/mol. The Hall–Kier alpha value is -4.41. The number of anilines is 2. The van der Waals surface area contributed by atoms with Crippen LogP contribution >= 0.6 is 0 Å². The van der Waals surface area contributed by atoms with Crippen LogP contribution in [0.4, 0.5) is 11.4 Å². The second kappa shape index (κ2) is 10.4. The molecule has 1 atom stereocenters. The number of rotatable bonds is 9. The molecule has 0 aliphatic heterocycles. The number of nitrogens with two attached hydrogens (primary N) is 1. The summed E-state index contributed by atoms with van der Waals surface area (Å²) in [5, 5.41) is 32.6. The van der Waals surface area contributed by atoms with Crippen molar-refractivity contribution < 1.29 is 29.4 Å². The fourth-order valence-corrected chi connectivity index (χ4v) is 2.81. The largest absolute Gasteiger partial charge is 0.481 e. The van der Waals surface area contributed by atoms with Crippen LogP contribution in [-0.2, 0) is 14.4 Å². The number of hydrogen-bond acceptors (Lipinski definition) is 5. The zero-order chi connectivity index (χ0) is 23.0. The van der Waals surface area contributed by atoms with Gasteiger partial charge in [0.05, 0.1) is 12.3 Å². The van der Waals surface area contributed by atoms with Crippen molar-refractivity contribution in [2.45, 2.75) is 12.3 Å². The Labute approximate surface area is 176 Å². The Morgan fingerprint density at radius 1 is 0.968 bits per heavy atom. The van der Waals surface area contributed by atoms with E-state index in [0.29, 0.717) is 5.69 Å². The zero-order valence-electron chi connectivity index (χ0n) is 16.2. The maximum Gasteiger partial charge on any atom is 0.322 e. The molecule has 0 fully saturated rings. The maximum absolute atomic E-state index is 12.7. The molecule has 0 heterocycles. The quantitative estimate of drug-likeness (QED) is 0.227. The van der Waals surface area contributed by atoms with Crippen molar-refractivity contribution in [1.82, 2.24) is 5.32 Å². The van der Waals surface area contributed by atoms with Gasteiger partial charge in [0.15, 0.2) is 5.96 Å². The summed E-state index contributed by atoms with van der Waals surface area (Å²) in [4.78, 5) is 47.2. The summed E-state index contributed by atoms with van der Waals surface area (Å²) >= 11 is 0. The normalized spacial score (nSPS) is 11.1. The Morgan fingerprint density at radius 3 is 2.32 bits per heavy atom. The number of guanidine groups is 1. The minimum absolute atomic E-state index is 0.203. The van der Waals surface area contributed by atoms with Gasteiger partial charge in [-0.3, -0.25) is 24.6 Å². The van der Waals surface area contributed by atoms with E-state index in [1.54, 1.807) is 24.3 Å². The highest BCUT2D eigenvalue weighted by Crippen LogP contribution is 2.28. The van der Waals surface area contributed by atoms with E-state index in [1.165, 1.54) is 24.3 Å². The molecule has 0 spiro atoms. The van der Waals surface area contributed by atoms with Gasteiger partial charge < -0.3 is 31.9 Å². The van der Waals surface area contributed by atoms with E-state index in [2.05, 4.69) is 16.0 Å². The van der Waals surface area contributed by atoms with Crippen molar-refractivity contribution in [3.8, 4) is 0 Å². The van der Waals surface area contributed by atoms with Gasteiger partial charge in [-0.25, -0.2) is 0 Å². The van der Waals surface area contributed by atoms with Crippen LogP contribution in [0, 0.1) is 5.41 Å².